The van der Waals surface area contributed by atoms with Gasteiger partial charge in [-0.2, -0.15) is 0 Å². The molecule has 0 spiro atoms. The number of carboxylic acid groups (broad SMARTS) is 1. The van der Waals surface area contributed by atoms with E-state index in [-0.39, 0.29) is 25.2 Å². The van der Waals surface area contributed by atoms with Crippen molar-refractivity contribution in [3.63, 3.8) is 0 Å². The molecule has 2 heterocycles. The zero-order chi connectivity index (χ0) is 24.9. The predicted octanol–water partition coefficient (Wildman–Crippen LogP) is 3.91. The predicted molar refractivity (Wildman–Crippen MR) is 131 cm³/mol. The first-order chi connectivity index (χ1) is 16.9. The van der Waals surface area contributed by atoms with Gasteiger partial charge in [0, 0.05) is 32.1 Å². The van der Waals surface area contributed by atoms with E-state index in [9.17, 15) is 14.7 Å². The van der Waals surface area contributed by atoms with E-state index in [2.05, 4.69) is 6.92 Å². The number of likely N-dealkylation sites (N-methyl/N-ethyl adjacent to an activating group) is 1. The average Bonchev–Trinajstić information content (AvgIpc) is 3.48. The third kappa shape index (κ3) is 5.37. The monoisotopic (exact) mass is 482 g/mol. The highest BCUT2D eigenvalue weighted by Crippen LogP contribution is 2.47. The second-order valence-corrected chi connectivity index (χ2v) is 9.25. The quantitative estimate of drug-likeness (QED) is 0.514. The summed E-state index contributed by atoms with van der Waals surface area (Å²) in [5.41, 5.74) is 1.72. The first-order valence-corrected chi connectivity index (χ1v) is 12.2. The molecule has 2 aliphatic rings. The fourth-order valence-electron chi connectivity index (χ4n) is 5.09. The summed E-state index contributed by atoms with van der Waals surface area (Å²) in [6, 6.07) is 12.6. The molecular weight excluding hydrogens is 448 g/mol. The van der Waals surface area contributed by atoms with Crippen molar-refractivity contribution in [1.82, 2.24) is 9.80 Å². The van der Waals surface area contributed by atoms with Crippen LogP contribution in [0.1, 0.15) is 49.3 Å². The van der Waals surface area contributed by atoms with E-state index in [1.807, 2.05) is 54.4 Å². The third-order valence-corrected chi connectivity index (χ3v) is 7.03. The average molecular weight is 483 g/mol. The van der Waals surface area contributed by atoms with Crippen LogP contribution in [0.15, 0.2) is 42.5 Å². The molecule has 1 N–H and O–H groups in total. The minimum Gasteiger partial charge on any atom is -0.497 e. The van der Waals surface area contributed by atoms with Crippen molar-refractivity contribution in [3.8, 4) is 17.2 Å². The highest BCUT2D eigenvalue weighted by Gasteiger charge is 2.48. The maximum atomic E-state index is 13.1. The Morgan fingerprint density at radius 3 is 2.49 bits per heavy atom. The standard InChI is InChI=1S/C27H34N2O6/c1-4-5-6-13-28(2)24(30)16-29-15-21(19-9-12-22-23(14-19)35-17-34-22)25(27(31)32)26(29)18-7-10-20(33-3)11-8-18/h7-12,14,21,25-26H,4-6,13,15-17H2,1-3H3,(H,31,32)/t21-,25-,26+/m1/s1. The van der Waals surface area contributed by atoms with E-state index >= 15 is 0 Å². The van der Waals surface area contributed by atoms with Crippen molar-refractivity contribution in [1.29, 1.82) is 0 Å². The molecule has 188 valence electrons. The molecule has 0 saturated carbocycles. The van der Waals surface area contributed by atoms with Gasteiger partial charge in [0.25, 0.3) is 0 Å². The van der Waals surface area contributed by atoms with E-state index < -0.39 is 17.9 Å². The number of carbonyl (C=O) groups is 2. The normalized spacial score (nSPS) is 21.2. The van der Waals surface area contributed by atoms with Gasteiger partial charge in [-0.05, 0) is 41.8 Å². The number of unbranched alkanes of at least 4 members (excludes halogenated alkanes) is 2. The van der Waals surface area contributed by atoms with Crippen LogP contribution in [-0.4, -0.2) is 67.4 Å². The van der Waals surface area contributed by atoms with Crippen LogP contribution in [0, 0.1) is 5.92 Å². The summed E-state index contributed by atoms with van der Waals surface area (Å²) in [4.78, 5) is 29.5. The number of amides is 1. The van der Waals surface area contributed by atoms with E-state index in [1.54, 1.807) is 12.0 Å². The Kier molecular flexibility index (Phi) is 7.80. The fourth-order valence-corrected chi connectivity index (χ4v) is 5.09. The molecule has 0 unspecified atom stereocenters. The number of aliphatic carboxylic acids is 1. The minimum atomic E-state index is -0.889. The molecular formula is C27H34N2O6. The largest absolute Gasteiger partial charge is 0.497 e. The van der Waals surface area contributed by atoms with Gasteiger partial charge in [-0.25, -0.2) is 0 Å². The molecule has 1 saturated heterocycles. The molecule has 0 aromatic heterocycles. The third-order valence-electron chi connectivity index (χ3n) is 7.03. The van der Waals surface area contributed by atoms with Crippen molar-refractivity contribution in [2.75, 3.05) is 40.6 Å². The summed E-state index contributed by atoms with van der Waals surface area (Å²) in [7, 11) is 3.42. The van der Waals surface area contributed by atoms with Crippen molar-refractivity contribution in [2.45, 2.75) is 38.1 Å². The number of carboxylic acids is 1. The van der Waals surface area contributed by atoms with Gasteiger partial charge in [-0.1, -0.05) is 38.0 Å². The Morgan fingerprint density at radius 2 is 1.80 bits per heavy atom. The molecule has 2 aromatic carbocycles. The van der Waals surface area contributed by atoms with E-state index in [0.29, 0.717) is 30.3 Å². The first kappa shape index (κ1) is 24.9. The maximum absolute atomic E-state index is 13.1. The number of fused-ring (bicyclic) bond motifs is 1. The van der Waals surface area contributed by atoms with Gasteiger partial charge in [0.1, 0.15) is 5.75 Å². The van der Waals surface area contributed by atoms with E-state index in [1.165, 1.54) is 0 Å². The number of rotatable bonds is 10. The molecule has 2 aliphatic heterocycles. The van der Waals surface area contributed by atoms with Gasteiger partial charge in [-0.3, -0.25) is 14.5 Å². The second-order valence-electron chi connectivity index (χ2n) is 9.25. The van der Waals surface area contributed by atoms with Crippen molar-refractivity contribution < 1.29 is 28.9 Å². The summed E-state index contributed by atoms with van der Waals surface area (Å²) in [5, 5.41) is 10.4. The van der Waals surface area contributed by atoms with Crippen LogP contribution in [0.5, 0.6) is 17.2 Å². The molecule has 8 nitrogen and oxygen atoms in total. The zero-order valence-corrected chi connectivity index (χ0v) is 20.6. The van der Waals surface area contributed by atoms with E-state index in [4.69, 9.17) is 14.2 Å². The number of nitrogens with zero attached hydrogens (tertiary/aromatic N) is 2. The van der Waals surface area contributed by atoms with Crippen molar-refractivity contribution in [2.24, 2.45) is 5.92 Å². The molecule has 1 amide bonds. The van der Waals surface area contributed by atoms with E-state index in [0.717, 1.165) is 30.4 Å². The van der Waals surface area contributed by atoms with Crippen LogP contribution in [0.25, 0.3) is 0 Å². The highest BCUT2D eigenvalue weighted by molar-refractivity contribution is 5.79. The SMILES string of the molecule is CCCCCN(C)C(=O)CN1C[C@H](c2ccc3c(c2)OCO3)[C@@H](C(=O)O)[C@@H]1c1ccc(OC)cc1. The van der Waals surface area contributed by atoms with Crippen LogP contribution in [0.3, 0.4) is 0 Å². The topological polar surface area (TPSA) is 88.5 Å². The lowest BCUT2D eigenvalue weighted by molar-refractivity contribution is -0.143. The second kappa shape index (κ2) is 11.0. The Labute approximate surface area is 206 Å². The summed E-state index contributed by atoms with van der Waals surface area (Å²) >= 11 is 0. The number of methoxy groups -OCH3 is 1. The van der Waals surface area contributed by atoms with Gasteiger partial charge < -0.3 is 24.2 Å². The Bertz CT molecular complexity index is 1040. The zero-order valence-electron chi connectivity index (χ0n) is 20.6. The molecule has 2 aromatic rings. The number of hydrogen-bond donors (Lipinski definition) is 1. The molecule has 35 heavy (non-hydrogen) atoms. The highest BCUT2D eigenvalue weighted by atomic mass is 16.7. The Balaban J connectivity index is 1.65. The van der Waals surface area contributed by atoms with Gasteiger partial charge in [0.15, 0.2) is 11.5 Å². The Hall–Kier alpha value is -3.26. The molecule has 8 heteroatoms. The smallest absolute Gasteiger partial charge is 0.309 e. The number of likely N-dealkylation sites (tertiary alicyclic amines) is 1. The molecule has 3 atom stereocenters. The lowest BCUT2D eigenvalue weighted by atomic mass is 9.82. The Morgan fingerprint density at radius 1 is 1.09 bits per heavy atom. The fraction of sp³-hybridized carbons (Fsp3) is 0.481. The number of ether oxygens (including phenoxy) is 3. The van der Waals surface area contributed by atoms with Gasteiger partial charge in [0.05, 0.1) is 19.6 Å². The van der Waals surface area contributed by atoms with Gasteiger partial charge in [-0.15, -0.1) is 0 Å². The van der Waals surface area contributed by atoms with Crippen LogP contribution >= 0.6 is 0 Å². The van der Waals surface area contributed by atoms with Gasteiger partial charge in [0.2, 0.25) is 12.7 Å². The van der Waals surface area contributed by atoms with Crippen molar-refractivity contribution in [3.05, 3.63) is 53.6 Å². The first-order valence-electron chi connectivity index (χ1n) is 12.2. The number of benzene rings is 2. The van der Waals surface area contributed by atoms with Crippen LogP contribution < -0.4 is 14.2 Å². The number of carbonyl (C=O) groups excluding carboxylic acids is 1. The molecule has 0 radical (unpaired) electrons. The summed E-state index contributed by atoms with van der Waals surface area (Å²) in [6.45, 7) is 3.59. The summed E-state index contributed by atoms with van der Waals surface area (Å²) < 4.78 is 16.3. The van der Waals surface area contributed by atoms with Crippen LogP contribution in [0.2, 0.25) is 0 Å². The molecule has 1 fully saturated rings. The van der Waals surface area contributed by atoms with Crippen LogP contribution in [0.4, 0.5) is 0 Å². The lowest BCUT2D eigenvalue weighted by Crippen LogP contribution is -2.39. The summed E-state index contributed by atoms with van der Waals surface area (Å²) in [6.07, 6.45) is 3.12. The number of hydrogen-bond acceptors (Lipinski definition) is 6. The molecule has 0 aliphatic carbocycles. The molecule has 4 rings (SSSR count). The lowest BCUT2D eigenvalue weighted by Gasteiger charge is -2.28. The summed E-state index contributed by atoms with van der Waals surface area (Å²) in [5.74, 6) is 0.0391. The molecule has 0 bridgehead atoms. The maximum Gasteiger partial charge on any atom is 0.309 e. The minimum absolute atomic E-state index is 0.00455. The van der Waals surface area contributed by atoms with Gasteiger partial charge >= 0.3 is 5.97 Å². The van der Waals surface area contributed by atoms with Crippen LogP contribution in [-0.2, 0) is 9.59 Å². The van der Waals surface area contributed by atoms with Crippen molar-refractivity contribution >= 4 is 11.9 Å².